The van der Waals surface area contributed by atoms with Gasteiger partial charge in [-0.3, -0.25) is 14.5 Å². The number of amides is 2. The summed E-state index contributed by atoms with van der Waals surface area (Å²) in [6.07, 6.45) is 0.872. The van der Waals surface area contributed by atoms with E-state index in [-0.39, 0.29) is 24.2 Å². The van der Waals surface area contributed by atoms with Crippen molar-refractivity contribution >= 4 is 17.5 Å². The third kappa shape index (κ3) is 7.05. The Bertz CT molecular complexity index is 1170. The summed E-state index contributed by atoms with van der Waals surface area (Å²) in [4.78, 5) is 29.4. The van der Waals surface area contributed by atoms with Gasteiger partial charge in [-0.05, 0) is 60.5 Å². The van der Waals surface area contributed by atoms with Crippen LogP contribution in [0.25, 0.3) is 0 Å². The largest absolute Gasteiger partial charge is 0.497 e. The fourth-order valence-corrected chi connectivity index (χ4v) is 4.10. The van der Waals surface area contributed by atoms with E-state index in [1.807, 2.05) is 4.90 Å². The first-order valence-corrected chi connectivity index (χ1v) is 11.9. The molecule has 0 radical (unpaired) electrons. The molecule has 1 N–H and O–H groups in total. The van der Waals surface area contributed by atoms with Crippen molar-refractivity contribution in [2.75, 3.05) is 45.2 Å². The highest BCUT2D eigenvalue weighted by Gasteiger charge is 2.20. The van der Waals surface area contributed by atoms with Crippen LogP contribution in [-0.4, -0.2) is 61.5 Å². The molecule has 36 heavy (non-hydrogen) atoms. The third-order valence-electron chi connectivity index (χ3n) is 6.02. The molecule has 1 fully saturated rings. The normalized spacial score (nSPS) is 14.1. The van der Waals surface area contributed by atoms with Crippen LogP contribution in [0.4, 0.5) is 10.1 Å². The number of carbonyl (C=O) groups excluding carboxylic acids is 2. The van der Waals surface area contributed by atoms with E-state index in [1.165, 1.54) is 12.1 Å². The van der Waals surface area contributed by atoms with Crippen LogP contribution in [0.5, 0.6) is 11.5 Å². The molecule has 1 aliphatic heterocycles. The van der Waals surface area contributed by atoms with Gasteiger partial charge in [-0.15, -0.1) is 0 Å². The predicted molar refractivity (Wildman–Crippen MR) is 136 cm³/mol. The first-order chi connectivity index (χ1) is 17.5. The summed E-state index contributed by atoms with van der Waals surface area (Å²) in [5.74, 6) is 0.603. The summed E-state index contributed by atoms with van der Waals surface area (Å²) in [5, 5.41) is 2.76. The van der Waals surface area contributed by atoms with Crippen LogP contribution in [0.3, 0.4) is 0 Å². The molecule has 1 aliphatic rings. The number of methoxy groups -OCH3 is 1. The lowest BCUT2D eigenvalue weighted by atomic mass is 10.2. The fourth-order valence-electron chi connectivity index (χ4n) is 4.10. The molecule has 8 heteroatoms. The minimum atomic E-state index is -0.293. The minimum absolute atomic E-state index is 0.0269. The molecule has 0 unspecified atom stereocenters. The van der Waals surface area contributed by atoms with Gasteiger partial charge in [0.1, 0.15) is 17.3 Å². The third-order valence-corrected chi connectivity index (χ3v) is 6.02. The summed E-state index contributed by atoms with van der Waals surface area (Å²) in [7, 11) is 1.57. The molecule has 0 saturated carbocycles. The number of benzene rings is 3. The fraction of sp³-hybridized carbons (Fsp3) is 0.286. The average Bonchev–Trinajstić information content (AvgIpc) is 3.14. The topological polar surface area (TPSA) is 71.1 Å². The zero-order valence-electron chi connectivity index (χ0n) is 20.3. The van der Waals surface area contributed by atoms with Crippen LogP contribution >= 0.6 is 0 Å². The molecule has 1 heterocycles. The Kier molecular flexibility index (Phi) is 8.52. The molecule has 2 amide bonds. The highest BCUT2D eigenvalue weighted by Crippen LogP contribution is 2.18. The van der Waals surface area contributed by atoms with Crippen LogP contribution in [0.15, 0.2) is 72.8 Å². The Labute approximate surface area is 210 Å². The van der Waals surface area contributed by atoms with Gasteiger partial charge in [0.15, 0.2) is 6.61 Å². The molecule has 188 valence electrons. The number of hydrogen-bond acceptors (Lipinski definition) is 5. The van der Waals surface area contributed by atoms with Crippen LogP contribution in [0.1, 0.15) is 22.3 Å². The number of nitrogens with zero attached hydrogens (tertiary/aromatic N) is 2. The predicted octanol–water partition coefficient (Wildman–Crippen LogP) is 4.20. The Morgan fingerprint density at radius 3 is 2.44 bits per heavy atom. The van der Waals surface area contributed by atoms with E-state index in [9.17, 15) is 14.0 Å². The molecule has 0 spiro atoms. The summed E-state index contributed by atoms with van der Waals surface area (Å²) in [6, 6.07) is 20.5. The molecular formula is C28H30FN3O4. The highest BCUT2D eigenvalue weighted by molar-refractivity contribution is 5.94. The molecule has 0 atom stereocenters. The second-order valence-corrected chi connectivity index (χ2v) is 8.64. The van der Waals surface area contributed by atoms with E-state index in [0.29, 0.717) is 35.8 Å². The summed E-state index contributed by atoms with van der Waals surface area (Å²) < 4.78 is 23.9. The maximum absolute atomic E-state index is 13.2. The van der Waals surface area contributed by atoms with Crippen molar-refractivity contribution < 1.29 is 23.5 Å². The lowest BCUT2D eigenvalue weighted by Crippen LogP contribution is -2.35. The van der Waals surface area contributed by atoms with E-state index in [2.05, 4.69) is 10.2 Å². The second-order valence-electron chi connectivity index (χ2n) is 8.64. The van der Waals surface area contributed by atoms with Gasteiger partial charge in [-0.1, -0.05) is 18.2 Å². The first kappa shape index (κ1) is 25.2. The van der Waals surface area contributed by atoms with Gasteiger partial charge in [0.05, 0.1) is 7.11 Å². The van der Waals surface area contributed by atoms with Crippen molar-refractivity contribution in [1.29, 1.82) is 0 Å². The lowest BCUT2D eigenvalue weighted by molar-refractivity contribution is -0.118. The van der Waals surface area contributed by atoms with Gasteiger partial charge >= 0.3 is 0 Å². The van der Waals surface area contributed by atoms with E-state index in [4.69, 9.17) is 9.47 Å². The van der Waals surface area contributed by atoms with Crippen molar-refractivity contribution in [3.8, 4) is 11.5 Å². The monoisotopic (exact) mass is 491 g/mol. The molecule has 3 aromatic carbocycles. The number of ether oxygens (including phenoxy) is 2. The van der Waals surface area contributed by atoms with Crippen molar-refractivity contribution in [1.82, 2.24) is 9.80 Å². The van der Waals surface area contributed by atoms with Gasteiger partial charge in [0.25, 0.3) is 11.8 Å². The second kappa shape index (κ2) is 12.2. The van der Waals surface area contributed by atoms with Crippen LogP contribution in [-0.2, 0) is 11.3 Å². The zero-order chi connectivity index (χ0) is 25.3. The highest BCUT2D eigenvalue weighted by atomic mass is 19.1. The van der Waals surface area contributed by atoms with Crippen molar-refractivity contribution in [3.63, 3.8) is 0 Å². The Balaban J connectivity index is 1.25. The Morgan fingerprint density at radius 2 is 1.69 bits per heavy atom. The molecular weight excluding hydrogens is 461 g/mol. The summed E-state index contributed by atoms with van der Waals surface area (Å²) in [6.45, 7) is 3.53. The van der Waals surface area contributed by atoms with Gasteiger partial charge < -0.3 is 19.7 Å². The molecule has 4 rings (SSSR count). The Hall–Kier alpha value is -3.91. The van der Waals surface area contributed by atoms with E-state index in [0.717, 1.165) is 31.6 Å². The molecule has 7 nitrogen and oxygen atoms in total. The summed E-state index contributed by atoms with van der Waals surface area (Å²) in [5.41, 5.74) is 2.26. The zero-order valence-corrected chi connectivity index (χ0v) is 20.3. The smallest absolute Gasteiger partial charge is 0.262 e. The standard InChI is InChI=1S/C28H30FN3O4/c1-35-26-5-2-4-24(18-26)30-27(33)20-36-25-12-8-22(9-13-25)28(34)32-15-3-14-31(16-17-32)19-21-6-10-23(29)11-7-21/h2,4-13,18H,3,14-17,19-20H2,1H3,(H,30,33). The molecule has 3 aromatic rings. The van der Waals surface area contributed by atoms with Crippen LogP contribution < -0.4 is 14.8 Å². The van der Waals surface area contributed by atoms with Crippen molar-refractivity contribution in [2.24, 2.45) is 0 Å². The van der Waals surface area contributed by atoms with Gasteiger partial charge in [-0.2, -0.15) is 0 Å². The van der Waals surface area contributed by atoms with Crippen molar-refractivity contribution in [2.45, 2.75) is 13.0 Å². The maximum Gasteiger partial charge on any atom is 0.262 e. The minimum Gasteiger partial charge on any atom is -0.497 e. The number of anilines is 1. The SMILES string of the molecule is COc1cccc(NC(=O)COc2ccc(C(=O)N3CCCN(Cc4ccc(F)cc4)CC3)cc2)c1. The quantitative estimate of drug-likeness (QED) is 0.512. The van der Waals surface area contributed by atoms with Crippen molar-refractivity contribution in [3.05, 3.63) is 89.7 Å². The van der Waals surface area contributed by atoms with Gasteiger partial charge in [0.2, 0.25) is 0 Å². The van der Waals surface area contributed by atoms with Crippen LogP contribution in [0.2, 0.25) is 0 Å². The molecule has 0 aromatic heterocycles. The maximum atomic E-state index is 13.2. The number of halogens is 1. The lowest BCUT2D eigenvalue weighted by Gasteiger charge is -2.22. The molecule has 0 bridgehead atoms. The molecule has 0 aliphatic carbocycles. The average molecular weight is 492 g/mol. The van der Waals surface area contributed by atoms with Gasteiger partial charge in [-0.25, -0.2) is 4.39 Å². The van der Waals surface area contributed by atoms with E-state index < -0.39 is 0 Å². The molecule has 1 saturated heterocycles. The number of nitrogens with one attached hydrogen (secondary N) is 1. The number of hydrogen-bond donors (Lipinski definition) is 1. The van der Waals surface area contributed by atoms with Crippen LogP contribution in [0, 0.1) is 5.82 Å². The van der Waals surface area contributed by atoms with Gasteiger partial charge in [0, 0.05) is 50.0 Å². The first-order valence-electron chi connectivity index (χ1n) is 11.9. The Morgan fingerprint density at radius 1 is 0.917 bits per heavy atom. The number of rotatable bonds is 8. The van der Waals surface area contributed by atoms with E-state index in [1.54, 1.807) is 67.8 Å². The van der Waals surface area contributed by atoms with E-state index >= 15 is 0 Å². The number of carbonyl (C=O) groups is 2. The summed E-state index contributed by atoms with van der Waals surface area (Å²) >= 11 is 0.